The zero-order chi connectivity index (χ0) is 29.7. The summed E-state index contributed by atoms with van der Waals surface area (Å²) in [7, 11) is 0. The molecule has 2 N–H and O–H groups in total. The summed E-state index contributed by atoms with van der Waals surface area (Å²) in [6, 6.07) is 4.07. The summed E-state index contributed by atoms with van der Waals surface area (Å²) in [5.74, 6) is 0.474. The molecule has 0 radical (unpaired) electrons. The lowest BCUT2D eigenvalue weighted by molar-refractivity contribution is -0.144. The standard InChI is InChI=1S/C35H52O4/c1-32(2,3)25-18-21(19-26(30(25)37)33(4,5)6)16-17-27(36)39-20-24-22-14-13-15-23(22)28(34(7,8)9)31(38)29(24)35(10,11)12/h18-19,37-38H,13-17,20H2,1-12H3. The van der Waals surface area contributed by atoms with Gasteiger partial charge in [-0.1, -0.05) is 95.2 Å². The molecule has 0 saturated heterocycles. The van der Waals surface area contributed by atoms with E-state index in [9.17, 15) is 15.0 Å². The summed E-state index contributed by atoms with van der Waals surface area (Å²) in [5.41, 5.74) is 7.39. The van der Waals surface area contributed by atoms with Gasteiger partial charge in [-0.05, 0) is 75.2 Å². The number of hydrogen-bond donors (Lipinski definition) is 2. The van der Waals surface area contributed by atoms with E-state index in [-0.39, 0.29) is 40.7 Å². The molecule has 1 aliphatic carbocycles. The molecule has 0 fully saturated rings. The van der Waals surface area contributed by atoms with Crippen LogP contribution in [0.5, 0.6) is 11.5 Å². The molecule has 4 nitrogen and oxygen atoms in total. The number of phenolic OH excluding ortho intramolecular Hbond substituents is 2. The summed E-state index contributed by atoms with van der Waals surface area (Å²) < 4.78 is 5.91. The summed E-state index contributed by atoms with van der Waals surface area (Å²) in [6.45, 7) is 25.6. The Balaban J connectivity index is 1.89. The molecule has 0 heterocycles. The molecule has 0 atom stereocenters. The van der Waals surface area contributed by atoms with Gasteiger partial charge in [-0.15, -0.1) is 0 Å². The summed E-state index contributed by atoms with van der Waals surface area (Å²) in [5, 5.41) is 22.6. The van der Waals surface area contributed by atoms with Crippen molar-refractivity contribution in [2.75, 3.05) is 0 Å². The van der Waals surface area contributed by atoms with E-state index >= 15 is 0 Å². The van der Waals surface area contributed by atoms with Gasteiger partial charge in [-0.25, -0.2) is 0 Å². The minimum absolute atomic E-state index is 0.171. The smallest absolute Gasteiger partial charge is 0.306 e. The summed E-state index contributed by atoms with van der Waals surface area (Å²) in [6.07, 6.45) is 3.77. The van der Waals surface area contributed by atoms with E-state index in [1.165, 1.54) is 11.1 Å². The molecule has 0 spiro atoms. The Hall–Kier alpha value is -2.49. The first kappa shape index (κ1) is 31.0. The van der Waals surface area contributed by atoms with Crippen LogP contribution in [-0.4, -0.2) is 16.2 Å². The minimum atomic E-state index is -0.289. The van der Waals surface area contributed by atoms with Crippen molar-refractivity contribution < 1.29 is 19.7 Å². The predicted molar refractivity (Wildman–Crippen MR) is 161 cm³/mol. The first-order valence-electron chi connectivity index (χ1n) is 14.6. The first-order chi connectivity index (χ1) is 17.6. The zero-order valence-corrected chi connectivity index (χ0v) is 26.6. The molecule has 39 heavy (non-hydrogen) atoms. The lowest BCUT2D eigenvalue weighted by atomic mass is 9.73. The summed E-state index contributed by atoms with van der Waals surface area (Å²) in [4.78, 5) is 13.1. The molecule has 216 valence electrons. The summed E-state index contributed by atoms with van der Waals surface area (Å²) >= 11 is 0. The maximum Gasteiger partial charge on any atom is 0.306 e. The van der Waals surface area contributed by atoms with E-state index in [4.69, 9.17) is 4.74 Å². The van der Waals surface area contributed by atoms with Crippen LogP contribution < -0.4 is 0 Å². The zero-order valence-electron chi connectivity index (χ0n) is 26.6. The maximum absolute atomic E-state index is 13.1. The van der Waals surface area contributed by atoms with Crippen LogP contribution >= 0.6 is 0 Å². The number of benzene rings is 2. The number of fused-ring (bicyclic) bond motifs is 1. The molecule has 0 aliphatic heterocycles. The van der Waals surface area contributed by atoms with Crippen LogP contribution in [0.4, 0.5) is 0 Å². The van der Waals surface area contributed by atoms with E-state index in [1.807, 2.05) is 12.1 Å². The molecule has 0 aromatic heterocycles. The highest BCUT2D eigenvalue weighted by Crippen LogP contribution is 2.48. The van der Waals surface area contributed by atoms with Crippen LogP contribution in [0.15, 0.2) is 12.1 Å². The van der Waals surface area contributed by atoms with E-state index in [2.05, 4.69) is 83.1 Å². The minimum Gasteiger partial charge on any atom is -0.507 e. The second kappa shape index (κ2) is 10.5. The molecule has 2 aromatic carbocycles. The second-order valence-corrected chi connectivity index (χ2v) is 15.6. The number of esters is 1. The predicted octanol–water partition coefficient (Wildman–Crippen LogP) is 8.45. The highest BCUT2D eigenvalue weighted by Gasteiger charge is 2.35. The quantitative estimate of drug-likeness (QED) is 0.376. The van der Waals surface area contributed by atoms with Gasteiger partial charge in [0.15, 0.2) is 0 Å². The fourth-order valence-electron chi connectivity index (χ4n) is 6.14. The van der Waals surface area contributed by atoms with Crippen LogP contribution in [0.25, 0.3) is 0 Å². The van der Waals surface area contributed by atoms with Crippen molar-refractivity contribution in [1.29, 1.82) is 0 Å². The molecule has 0 unspecified atom stereocenters. The Morgan fingerprint density at radius 1 is 0.718 bits per heavy atom. The van der Waals surface area contributed by atoms with Crippen molar-refractivity contribution in [3.8, 4) is 11.5 Å². The highest BCUT2D eigenvalue weighted by molar-refractivity contribution is 5.70. The van der Waals surface area contributed by atoms with Crippen molar-refractivity contribution in [2.45, 2.75) is 143 Å². The fourth-order valence-corrected chi connectivity index (χ4v) is 6.14. The number of carbonyl (C=O) groups is 1. The second-order valence-electron chi connectivity index (χ2n) is 15.6. The van der Waals surface area contributed by atoms with E-state index in [1.54, 1.807) is 0 Å². The van der Waals surface area contributed by atoms with E-state index in [0.29, 0.717) is 17.9 Å². The average Bonchev–Trinajstić information content (AvgIpc) is 3.21. The molecular weight excluding hydrogens is 484 g/mol. The van der Waals surface area contributed by atoms with E-state index in [0.717, 1.165) is 52.6 Å². The number of aromatic hydroxyl groups is 2. The van der Waals surface area contributed by atoms with Crippen LogP contribution in [0.3, 0.4) is 0 Å². The molecule has 1 aliphatic rings. The van der Waals surface area contributed by atoms with Gasteiger partial charge in [0.2, 0.25) is 0 Å². The Morgan fingerprint density at radius 3 is 1.67 bits per heavy atom. The van der Waals surface area contributed by atoms with Gasteiger partial charge in [0.05, 0.1) is 0 Å². The molecule has 0 amide bonds. The number of rotatable bonds is 5. The Bertz CT molecular complexity index is 1200. The molecule has 0 bridgehead atoms. The van der Waals surface area contributed by atoms with E-state index < -0.39 is 0 Å². The lowest BCUT2D eigenvalue weighted by Crippen LogP contribution is -2.23. The van der Waals surface area contributed by atoms with Crippen molar-refractivity contribution in [2.24, 2.45) is 0 Å². The van der Waals surface area contributed by atoms with Gasteiger partial charge in [0.25, 0.3) is 0 Å². The van der Waals surface area contributed by atoms with Gasteiger partial charge in [0, 0.05) is 23.1 Å². The third kappa shape index (κ3) is 6.64. The third-order valence-corrected chi connectivity index (χ3v) is 7.94. The normalized spacial score (nSPS) is 14.5. The lowest BCUT2D eigenvalue weighted by Gasteiger charge is -2.32. The topological polar surface area (TPSA) is 66.8 Å². The molecule has 3 rings (SSSR count). The van der Waals surface area contributed by atoms with Crippen LogP contribution in [-0.2, 0) is 57.1 Å². The fraction of sp³-hybridized carbons (Fsp3) is 0.629. The van der Waals surface area contributed by atoms with Crippen molar-refractivity contribution >= 4 is 5.97 Å². The number of aryl methyl sites for hydroxylation is 1. The molecular formula is C35H52O4. The highest BCUT2D eigenvalue weighted by atomic mass is 16.5. The molecule has 0 saturated carbocycles. The number of phenols is 2. The van der Waals surface area contributed by atoms with Gasteiger partial charge < -0.3 is 14.9 Å². The monoisotopic (exact) mass is 536 g/mol. The largest absolute Gasteiger partial charge is 0.507 e. The van der Waals surface area contributed by atoms with Crippen LogP contribution in [0.2, 0.25) is 0 Å². The van der Waals surface area contributed by atoms with Crippen molar-refractivity contribution in [3.05, 3.63) is 56.6 Å². The Kier molecular flexibility index (Phi) is 8.35. The van der Waals surface area contributed by atoms with Crippen LogP contribution in [0, 0.1) is 0 Å². The number of hydrogen-bond acceptors (Lipinski definition) is 4. The van der Waals surface area contributed by atoms with Crippen molar-refractivity contribution in [3.63, 3.8) is 0 Å². The van der Waals surface area contributed by atoms with Gasteiger partial charge in [-0.3, -0.25) is 4.79 Å². The first-order valence-corrected chi connectivity index (χ1v) is 14.6. The number of carbonyl (C=O) groups excluding carboxylic acids is 1. The van der Waals surface area contributed by atoms with Gasteiger partial charge in [-0.2, -0.15) is 0 Å². The Labute approximate surface area is 237 Å². The average molecular weight is 537 g/mol. The van der Waals surface area contributed by atoms with Crippen LogP contribution in [0.1, 0.15) is 140 Å². The molecule has 2 aromatic rings. The van der Waals surface area contributed by atoms with Gasteiger partial charge >= 0.3 is 5.97 Å². The SMILES string of the molecule is CC(C)(C)c1cc(CCC(=O)OCc2c3c(c(C(C)(C)C)c(O)c2C(C)(C)C)CCC3)cc(C(C)(C)C)c1O. The molecule has 4 heteroatoms. The third-order valence-electron chi connectivity index (χ3n) is 7.94. The van der Waals surface area contributed by atoms with Crippen molar-refractivity contribution in [1.82, 2.24) is 0 Å². The Morgan fingerprint density at radius 2 is 1.21 bits per heavy atom. The van der Waals surface area contributed by atoms with Gasteiger partial charge in [0.1, 0.15) is 18.1 Å². The maximum atomic E-state index is 13.1. The number of ether oxygens (including phenoxy) is 1.